The lowest BCUT2D eigenvalue weighted by Gasteiger charge is -2.10. The number of fused-ring (bicyclic) bond motifs is 1. The second kappa shape index (κ2) is 7.26. The number of anilines is 1. The lowest BCUT2D eigenvalue weighted by atomic mass is 10.1. The van der Waals surface area contributed by atoms with E-state index < -0.39 is 5.76 Å². The highest BCUT2D eigenvalue weighted by molar-refractivity contribution is 5.94. The zero-order valence-corrected chi connectivity index (χ0v) is 14.5. The van der Waals surface area contributed by atoms with Gasteiger partial charge < -0.3 is 14.6 Å². The van der Waals surface area contributed by atoms with Crippen molar-refractivity contribution >= 4 is 28.6 Å². The molecule has 7 nitrogen and oxygen atoms in total. The van der Waals surface area contributed by atoms with Crippen molar-refractivity contribution in [2.45, 2.75) is 12.8 Å². The van der Waals surface area contributed by atoms with Crippen LogP contribution in [-0.4, -0.2) is 35.8 Å². The van der Waals surface area contributed by atoms with Crippen LogP contribution in [0.1, 0.15) is 22.3 Å². The van der Waals surface area contributed by atoms with Crippen molar-refractivity contribution in [1.29, 1.82) is 0 Å². The second-order valence-corrected chi connectivity index (χ2v) is 6.17. The molecule has 0 aliphatic carbocycles. The fourth-order valence-corrected chi connectivity index (χ4v) is 2.58. The molecule has 0 aliphatic rings. The molecule has 0 radical (unpaired) electrons. The molecule has 26 heavy (non-hydrogen) atoms. The molecule has 1 heterocycles. The third kappa shape index (κ3) is 4.00. The Kier molecular flexibility index (Phi) is 4.88. The summed E-state index contributed by atoms with van der Waals surface area (Å²) in [4.78, 5) is 39.2. The van der Waals surface area contributed by atoms with Gasteiger partial charge in [0.05, 0.1) is 5.52 Å². The van der Waals surface area contributed by atoms with Gasteiger partial charge in [-0.15, -0.1) is 0 Å². The number of benzene rings is 2. The molecule has 1 aromatic heterocycles. The first-order valence-electron chi connectivity index (χ1n) is 8.16. The number of oxazole rings is 1. The molecule has 0 saturated carbocycles. The van der Waals surface area contributed by atoms with E-state index in [1.165, 1.54) is 4.90 Å². The van der Waals surface area contributed by atoms with Crippen LogP contribution in [0.3, 0.4) is 0 Å². The summed E-state index contributed by atoms with van der Waals surface area (Å²) < 4.78 is 4.92. The topological polar surface area (TPSA) is 95.4 Å². The molecule has 2 N–H and O–H groups in total. The number of aromatic amines is 1. The highest BCUT2D eigenvalue weighted by Gasteiger charge is 2.09. The number of nitrogens with one attached hydrogen (secondary N) is 2. The van der Waals surface area contributed by atoms with Crippen LogP contribution in [-0.2, 0) is 11.2 Å². The summed E-state index contributed by atoms with van der Waals surface area (Å²) >= 11 is 0. The minimum absolute atomic E-state index is 0.0537. The smallest absolute Gasteiger partial charge is 0.408 e. The summed E-state index contributed by atoms with van der Waals surface area (Å²) in [6.45, 7) is 0. The van der Waals surface area contributed by atoms with Crippen LogP contribution in [0, 0.1) is 0 Å². The number of carbonyl (C=O) groups excluding carboxylic acids is 2. The zero-order valence-electron chi connectivity index (χ0n) is 14.5. The van der Waals surface area contributed by atoms with Crippen LogP contribution >= 0.6 is 0 Å². The quantitative estimate of drug-likeness (QED) is 0.736. The number of amides is 2. The van der Waals surface area contributed by atoms with Crippen molar-refractivity contribution < 1.29 is 14.0 Å². The molecule has 3 rings (SSSR count). The van der Waals surface area contributed by atoms with Gasteiger partial charge >= 0.3 is 5.76 Å². The van der Waals surface area contributed by atoms with Crippen molar-refractivity contribution in [2.75, 3.05) is 19.4 Å². The van der Waals surface area contributed by atoms with E-state index in [0.717, 1.165) is 5.56 Å². The molecule has 0 aliphatic heterocycles. The van der Waals surface area contributed by atoms with Crippen LogP contribution in [0.4, 0.5) is 5.69 Å². The zero-order chi connectivity index (χ0) is 18.7. The monoisotopic (exact) mass is 353 g/mol. The Labute approximate surface area is 149 Å². The van der Waals surface area contributed by atoms with Gasteiger partial charge in [-0.05, 0) is 42.3 Å². The summed E-state index contributed by atoms with van der Waals surface area (Å²) in [5.41, 5.74) is 3.16. The highest BCUT2D eigenvalue weighted by atomic mass is 16.4. The largest absolute Gasteiger partial charge is 0.417 e. The average Bonchev–Trinajstić information content (AvgIpc) is 2.99. The molecule has 7 heteroatoms. The van der Waals surface area contributed by atoms with E-state index in [9.17, 15) is 14.4 Å². The summed E-state index contributed by atoms with van der Waals surface area (Å²) in [5.74, 6) is -0.717. The van der Waals surface area contributed by atoms with Crippen molar-refractivity contribution in [3.63, 3.8) is 0 Å². The van der Waals surface area contributed by atoms with Gasteiger partial charge in [0.1, 0.15) is 0 Å². The van der Waals surface area contributed by atoms with E-state index in [4.69, 9.17) is 4.42 Å². The number of aromatic nitrogens is 1. The minimum atomic E-state index is -0.528. The Morgan fingerprint density at radius 2 is 1.85 bits per heavy atom. The van der Waals surface area contributed by atoms with Gasteiger partial charge in [-0.1, -0.05) is 12.1 Å². The van der Waals surface area contributed by atoms with Gasteiger partial charge in [0.15, 0.2) is 5.58 Å². The highest BCUT2D eigenvalue weighted by Crippen LogP contribution is 2.16. The lowest BCUT2D eigenvalue weighted by molar-refractivity contribution is -0.116. The third-order valence-corrected chi connectivity index (χ3v) is 3.95. The van der Waals surface area contributed by atoms with Crippen LogP contribution in [0.2, 0.25) is 0 Å². The van der Waals surface area contributed by atoms with Gasteiger partial charge in [0.2, 0.25) is 5.91 Å². The molecule has 0 unspecified atom stereocenters. The predicted molar refractivity (Wildman–Crippen MR) is 98.2 cm³/mol. The van der Waals surface area contributed by atoms with Gasteiger partial charge in [0, 0.05) is 31.8 Å². The SMILES string of the molecule is CN(C)C(=O)c1ccc(CCC(=O)Nc2ccc3oc(=O)[nH]c3c2)cc1. The summed E-state index contributed by atoms with van der Waals surface area (Å²) in [6, 6.07) is 12.2. The van der Waals surface area contributed by atoms with Crippen molar-refractivity contribution in [3.8, 4) is 0 Å². The van der Waals surface area contributed by atoms with Gasteiger partial charge in [-0.3, -0.25) is 14.6 Å². The first kappa shape index (κ1) is 17.5. The molecule has 2 aromatic carbocycles. The van der Waals surface area contributed by atoms with Crippen LogP contribution < -0.4 is 11.1 Å². The van der Waals surface area contributed by atoms with Gasteiger partial charge in [-0.2, -0.15) is 0 Å². The minimum Gasteiger partial charge on any atom is -0.408 e. The van der Waals surface area contributed by atoms with E-state index in [1.807, 2.05) is 12.1 Å². The molecule has 0 fully saturated rings. The first-order valence-corrected chi connectivity index (χ1v) is 8.16. The molecule has 3 aromatic rings. The normalized spacial score (nSPS) is 10.7. The molecule has 0 bridgehead atoms. The van der Waals surface area contributed by atoms with E-state index in [1.54, 1.807) is 44.4 Å². The maximum Gasteiger partial charge on any atom is 0.417 e. The number of hydrogen-bond donors (Lipinski definition) is 2. The summed E-state index contributed by atoms with van der Waals surface area (Å²) in [5, 5.41) is 2.79. The van der Waals surface area contributed by atoms with Crippen LogP contribution in [0.15, 0.2) is 51.7 Å². The van der Waals surface area contributed by atoms with Gasteiger partial charge in [-0.25, -0.2) is 4.79 Å². The fraction of sp³-hybridized carbons (Fsp3) is 0.211. The second-order valence-electron chi connectivity index (χ2n) is 6.17. The molecule has 0 saturated heterocycles. The number of nitrogens with zero attached hydrogens (tertiary/aromatic N) is 1. The predicted octanol–water partition coefficient (Wildman–Crippen LogP) is 2.39. The van der Waals surface area contributed by atoms with Crippen LogP contribution in [0.5, 0.6) is 0 Å². The Balaban J connectivity index is 1.57. The summed E-state index contributed by atoms with van der Waals surface area (Å²) in [7, 11) is 3.41. The van der Waals surface area contributed by atoms with E-state index in [0.29, 0.717) is 35.2 Å². The van der Waals surface area contributed by atoms with Crippen LogP contribution in [0.25, 0.3) is 11.1 Å². The first-order chi connectivity index (χ1) is 12.4. The Bertz CT molecular complexity index is 1000. The van der Waals surface area contributed by atoms with E-state index in [2.05, 4.69) is 10.3 Å². The Morgan fingerprint density at radius 3 is 2.54 bits per heavy atom. The summed E-state index contributed by atoms with van der Waals surface area (Å²) in [6.07, 6.45) is 0.869. The molecule has 134 valence electrons. The molecular formula is C19H19N3O4. The van der Waals surface area contributed by atoms with Crippen molar-refractivity contribution in [3.05, 3.63) is 64.1 Å². The standard InChI is InChI=1S/C19H19N3O4/c1-22(2)18(24)13-6-3-12(4-7-13)5-10-17(23)20-14-8-9-16-15(11-14)21-19(25)26-16/h3-4,6-9,11H,5,10H2,1-2H3,(H,20,23)(H,21,25). The molecule has 2 amide bonds. The van der Waals surface area contributed by atoms with E-state index >= 15 is 0 Å². The van der Waals surface area contributed by atoms with Crippen molar-refractivity contribution in [1.82, 2.24) is 9.88 Å². The van der Waals surface area contributed by atoms with Crippen molar-refractivity contribution in [2.24, 2.45) is 0 Å². The maximum absolute atomic E-state index is 12.1. The Morgan fingerprint density at radius 1 is 1.12 bits per heavy atom. The number of hydrogen-bond acceptors (Lipinski definition) is 4. The number of rotatable bonds is 5. The average molecular weight is 353 g/mol. The number of aryl methyl sites for hydroxylation is 1. The Hall–Kier alpha value is -3.35. The molecule has 0 atom stereocenters. The maximum atomic E-state index is 12.1. The van der Waals surface area contributed by atoms with Gasteiger partial charge in [0.25, 0.3) is 5.91 Å². The number of carbonyl (C=O) groups is 2. The third-order valence-electron chi connectivity index (χ3n) is 3.95. The fourth-order valence-electron chi connectivity index (χ4n) is 2.58. The van der Waals surface area contributed by atoms with E-state index in [-0.39, 0.29) is 11.8 Å². The molecular weight excluding hydrogens is 334 g/mol. The number of H-pyrrole nitrogens is 1. The molecule has 0 spiro atoms. The lowest BCUT2D eigenvalue weighted by Crippen LogP contribution is -2.21.